The van der Waals surface area contributed by atoms with Crippen molar-refractivity contribution < 1.29 is 9.47 Å². The van der Waals surface area contributed by atoms with E-state index in [1.807, 2.05) is 23.9 Å². The minimum absolute atomic E-state index is 0.265. The molecule has 0 spiro atoms. The molecule has 0 amide bonds. The second-order valence-corrected chi connectivity index (χ2v) is 6.08. The molecule has 19 heavy (non-hydrogen) atoms. The summed E-state index contributed by atoms with van der Waals surface area (Å²) in [5.41, 5.74) is 7.06. The van der Waals surface area contributed by atoms with Gasteiger partial charge in [-0.25, -0.2) is 0 Å². The summed E-state index contributed by atoms with van der Waals surface area (Å²) < 4.78 is 11.3. The number of nitrogens with two attached hydrogens (primary N) is 1. The number of ether oxygens (including phenoxy) is 2. The maximum Gasteiger partial charge on any atom is 0.179 e. The molecule has 1 unspecified atom stereocenters. The van der Waals surface area contributed by atoms with Crippen molar-refractivity contribution in [3.8, 4) is 11.5 Å². The van der Waals surface area contributed by atoms with Crippen LogP contribution in [0.4, 0.5) is 0 Å². The molecule has 1 aliphatic heterocycles. The van der Waals surface area contributed by atoms with E-state index >= 15 is 0 Å². The van der Waals surface area contributed by atoms with Crippen LogP contribution in [0.2, 0.25) is 5.02 Å². The van der Waals surface area contributed by atoms with E-state index in [9.17, 15) is 0 Å². The Bertz CT molecular complexity index is 428. The Kier molecular flexibility index (Phi) is 5.67. The molecule has 3 nitrogen and oxygen atoms in total. The minimum Gasteiger partial charge on any atom is -0.489 e. The van der Waals surface area contributed by atoms with Crippen LogP contribution in [0, 0.1) is 0 Å². The third kappa shape index (κ3) is 4.20. The van der Waals surface area contributed by atoms with Crippen molar-refractivity contribution in [1.29, 1.82) is 0 Å². The van der Waals surface area contributed by atoms with E-state index in [0.29, 0.717) is 24.0 Å². The van der Waals surface area contributed by atoms with Gasteiger partial charge in [0.05, 0.1) is 18.2 Å². The summed E-state index contributed by atoms with van der Waals surface area (Å²) >= 11 is 8.07. The lowest BCUT2D eigenvalue weighted by molar-refractivity contribution is 0.297. The molecule has 106 valence electrons. The molecule has 0 aliphatic carbocycles. The normalized spacial score (nSPS) is 15.9. The highest BCUT2D eigenvalue weighted by atomic mass is 35.5. The molecule has 2 N–H and O–H groups in total. The summed E-state index contributed by atoms with van der Waals surface area (Å²) in [6, 6.07) is 4.25. The molecule has 0 aromatic heterocycles. The van der Waals surface area contributed by atoms with Crippen LogP contribution in [0.3, 0.4) is 0 Å². The second kappa shape index (κ2) is 7.27. The average Bonchev–Trinajstić information content (AvgIpc) is 2.64. The molecule has 0 bridgehead atoms. The van der Waals surface area contributed by atoms with Crippen molar-refractivity contribution in [1.82, 2.24) is 0 Å². The Hall–Kier alpha value is -0.580. The smallest absolute Gasteiger partial charge is 0.179 e. The maximum atomic E-state index is 6.25. The van der Waals surface area contributed by atoms with Gasteiger partial charge in [0.15, 0.2) is 11.5 Å². The highest BCUT2D eigenvalue weighted by Gasteiger charge is 2.15. The highest BCUT2D eigenvalue weighted by Crippen LogP contribution is 2.38. The Balaban J connectivity index is 2.02. The van der Waals surface area contributed by atoms with E-state index in [2.05, 4.69) is 6.92 Å². The summed E-state index contributed by atoms with van der Waals surface area (Å²) in [6.45, 7) is 3.45. The van der Waals surface area contributed by atoms with Gasteiger partial charge in [0.2, 0.25) is 0 Å². The van der Waals surface area contributed by atoms with Gasteiger partial charge in [-0.15, -0.1) is 0 Å². The fourth-order valence-electron chi connectivity index (χ4n) is 1.81. The molecule has 1 atom stereocenters. The first-order valence-corrected chi connectivity index (χ1v) is 8.15. The first-order chi connectivity index (χ1) is 9.20. The summed E-state index contributed by atoms with van der Waals surface area (Å²) in [7, 11) is 0. The first kappa shape index (κ1) is 14.8. The lowest BCUT2D eigenvalue weighted by atomic mass is 10.2. The molecule has 0 saturated heterocycles. The standard InChI is InChI=1S/C14H20ClNO2S/c1-2-11(16)9-19-8-10-6-12(15)14-13(7-10)17-4-3-5-18-14/h6-7,11H,2-5,8-9,16H2,1H3. The fourth-order valence-corrected chi connectivity index (χ4v) is 3.16. The van der Waals surface area contributed by atoms with Gasteiger partial charge in [-0.05, 0) is 24.1 Å². The van der Waals surface area contributed by atoms with Crippen LogP contribution in [-0.2, 0) is 5.75 Å². The number of fused-ring (bicyclic) bond motifs is 1. The van der Waals surface area contributed by atoms with E-state index in [-0.39, 0.29) is 6.04 Å². The lowest BCUT2D eigenvalue weighted by Crippen LogP contribution is -2.21. The quantitative estimate of drug-likeness (QED) is 0.904. The van der Waals surface area contributed by atoms with Gasteiger partial charge in [-0.2, -0.15) is 11.8 Å². The number of halogens is 1. The van der Waals surface area contributed by atoms with Gasteiger partial charge < -0.3 is 15.2 Å². The summed E-state index contributed by atoms with van der Waals surface area (Å²) in [5.74, 6) is 3.30. The van der Waals surface area contributed by atoms with Crippen LogP contribution >= 0.6 is 23.4 Å². The van der Waals surface area contributed by atoms with E-state index < -0.39 is 0 Å². The van der Waals surface area contributed by atoms with Crippen molar-refractivity contribution in [2.45, 2.75) is 31.6 Å². The maximum absolute atomic E-state index is 6.25. The summed E-state index contributed by atoms with van der Waals surface area (Å²) in [5, 5.41) is 0.634. The zero-order valence-corrected chi connectivity index (χ0v) is 12.7. The monoisotopic (exact) mass is 301 g/mol. The first-order valence-electron chi connectivity index (χ1n) is 6.62. The molecule has 1 aliphatic rings. The molecule has 1 aromatic carbocycles. The number of hydrogen-bond acceptors (Lipinski definition) is 4. The van der Waals surface area contributed by atoms with Crippen molar-refractivity contribution >= 4 is 23.4 Å². The largest absolute Gasteiger partial charge is 0.489 e. The predicted octanol–water partition coefficient (Wildman–Crippen LogP) is 3.47. The molecule has 1 heterocycles. The SMILES string of the molecule is CCC(N)CSCc1cc(Cl)c2c(c1)OCCCO2. The number of hydrogen-bond donors (Lipinski definition) is 1. The van der Waals surface area contributed by atoms with E-state index in [4.69, 9.17) is 26.8 Å². The zero-order chi connectivity index (χ0) is 13.7. The molecular weight excluding hydrogens is 282 g/mol. The van der Waals surface area contributed by atoms with Gasteiger partial charge in [-0.1, -0.05) is 18.5 Å². The van der Waals surface area contributed by atoms with Crippen molar-refractivity contribution in [2.75, 3.05) is 19.0 Å². The Morgan fingerprint density at radius 3 is 2.95 bits per heavy atom. The van der Waals surface area contributed by atoms with Crippen LogP contribution in [-0.4, -0.2) is 25.0 Å². The van der Waals surface area contributed by atoms with Crippen molar-refractivity contribution in [3.63, 3.8) is 0 Å². The lowest BCUT2D eigenvalue weighted by Gasteiger charge is -2.12. The average molecular weight is 302 g/mol. The molecule has 0 radical (unpaired) electrons. The van der Waals surface area contributed by atoms with Gasteiger partial charge >= 0.3 is 0 Å². The van der Waals surface area contributed by atoms with E-state index in [1.54, 1.807) is 0 Å². The Morgan fingerprint density at radius 2 is 2.16 bits per heavy atom. The summed E-state index contributed by atoms with van der Waals surface area (Å²) in [6.07, 6.45) is 1.90. The van der Waals surface area contributed by atoms with Crippen LogP contribution in [0.5, 0.6) is 11.5 Å². The van der Waals surface area contributed by atoms with Crippen LogP contribution in [0.1, 0.15) is 25.3 Å². The zero-order valence-electron chi connectivity index (χ0n) is 11.2. The molecule has 0 saturated carbocycles. The molecule has 2 rings (SSSR count). The van der Waals surface area contributed by atoms with Gasteiger partial charge in [0.1, 0.15) is 0 Å². The van der Waals surface area contributed by atoms with E-state index in [1.165, 1.54) is 0 Å². The van der Waals surface area contributed by atoms with Crippen molar-refractivity contribution in [3.05, 3.63) is 22.7 Å². The Morgan fingerprint density at radius 1 is 1.37 bits per heavy atom. The topological polar surface area (TPSA) is 44.5 Å². The number of rotatable bonds is 5. The predicted molar refractivity (Wildman–Crippen MR) is 81.5 cm³/mol. The summed E-state index contributed by atoms with van der Waals surface area (Å²) in [4.78, 5) is 0. The van der Waals surface area contributed by atoms with Gasteiger partial charge in [0.25, 0.3) is 0 Å². The molecular formula is C14H20ClNO2S. The van der Waals surface area contributed by atoms with Gasteiger partial charge in [-0.3, -0.25) is 0 Å². The van der Waals surface area contributed by atoms with Crippen LogP contribution < -0.4 is 15.2 Å². The molecule has 0 fully saturated rings. The van der Waals surface area contributed by atoms with Crippen molar-refractivity contribution in [2.24, 2.45) is 5.73 Å². The molecule has 1 aromatic rings. The number of benzene rings is 1. The third-order valence-corrected chi connectivity index (χ3v) is 4.47. The minimum atomic E-state index is 0.265. The molecule has 5 heteroatoms. The third-order valence-electron chi connectivity index (χ3n) is 2.99. The van der Waals surface area contributed by atoms with Crippen LogP contribution in [0.15, 0.2) is 12.1 Å². The fraction of sp³-hybridized carbons (Fsp3) is 0.571. The number of thioether (sulfide) groups is 1. The van der Waals surface area contributed by atoms with Crippen LogP contribution in [0.25, 0.3) is 0 Å². The van der Waals surface area contributed by atoms with Gasteiger partial charge in [0, 0.05) is 24.0 Å². The highest BCUT2D eigenvalue weighted by molar-refractivity contribution is 7.98. The van der Waals surface area contributed by atoms with E-state index in [0.717, 1.165) is 35.7 Å². The Labute approximate surface area is 123 Å². The second-order valence-electron chi connectivity index (χ2n) is 4.64.